The molecule has 1 N–H and O–H groups in total. The molecule has 30 heavy (non-hydrogen) atoms. The molecular formula is C22H28N2O4S2. The number of nitrogens with zero attached hydrogens (tertiary/aromatic N) is 1. The summed E-state index contributed by atoms with van der Waals surface area (Å²) in [7, 11) is -2.16. The van der Waals surface area contributed by atoms with Gasteiger partial charge in [0.25, 0.3) is 5.91 Å². The number of ether oxygens (including phenoxy) is 1. The van der Waals surface area contributed by atoms with E-state index in [4.69, 9.17) is 4.74 Å². The molecule has 0 radical (unpaired) electrons. The Bertz CT molecular complexity index is 941. The van der Waals surface area contributed by atoms with Crippen LogP contribution in [-0.4, -0.2) is 51.1 Å². The van der Waals surface area contributed by atoms with Gasteiger partial charge in [-0.2, -0.15) is 4.31 Å². The molecule has 0 bridgehead atoms. The number of methoxy groups -OCH3 is 1. The van der Waals surface area contributed by atoms with Gasteiger partial charge in [0.05, 0.1) is 17.6 Å². The van der Waals surface area contributed by atoms with E-state index in [1.165, 1.54) is 23.5 Å². The predicted octanol–water partition coefficient (Wildman–Crippen LogP) is 3.78. The molecule has 1 aliphatic heterocycles. The normalized spacial score (nSPS) is 15.4. The molecule has 162 valence electrons. The lowest BCUT2D eigenvalue weighted by Gasteiger charge is -2.20. The maximum absolute atomic E-state index is 13.1. The van der Waals surface area contributed by atoms with Crippen LogP contribution >= 0.6 is 11.8 Å². The van der Waals surface area contributed by atoms with Crippen molar-refractivity contribution in [3.05, 3.63) is 54.1 Å². The first-order valence-electron chi connectivity index (χ1n) is 10.2. The molecule has 3 rings (SSSR count). The number of rotatable bonds is 8. The second kappa shape index (κ2) is 10.8. The third kappa shape index (κ3) is 5.77. The Labute approximate surface area is 183 Å². The average molecular weight is 449 g/mol. The molecule has 1 aliphatic rings. The summed E-state index contributed by atoms with van der Waals surface area (Å²) < 4.78 is 33.0. The van der Waals surface area contributed by atoms with Crippen LogP contribution in [-0.2, 0) is 10.0 Å². The van der Waals surface area contributed by atoms with E-state index >= 15 is 0 Å². The van der Waals surface area contributed by atoms with Gasteiger partial charge < -0.3 is 10.1 Å². The topological polar surface area (TPSA) is 75.7 Å². The molecule has 0 saturated carbocycles. The van der Waals surface area contributed by atoms with E-state index < -0.39 is 10.0 Å². The van der Waals surface area contributed by atoms with Gasteiger partial charge in [0, 0.05) is 30.3 Å². The van der Waals surface area contributed by atoms with Crippen LogP contribution in [0.25, 0.3) is 0 Å². The SMILES string of the molecule is COc1ccc(S(=O)(=O)N2CCCCCC2)cc1C(=O)NCCSc1ccccc1. The lowest BCUT2D eigenvalue weighted by atomic mass is 10.2. The van der Waals surface area contributed by atoms with Gasteiger partial charge in [0.2, 0.25) is 10.0 Å². The standard InChI is InChI=1S/C22H28N2O4S2/c1-28-21-12-11-19(30(26,27)24-14-7-2-3-8-15-24)17-20(21)22(25)23-13-16-29-18-9-5-4-6-10-18/h4-6,9-12,17H,2-3,7-8,13-16H2,1H3,(H,23,25). The highest BCUT2D eigenvalue weighted by Crippen LogP contribution is 2.26. The number of hydrogen-bond donors (Lipinski definition) is 1. The minimum absolute atomic E-state index is 0.133. The zero-order valence-corrected chi connectivity index (χ0v) is 18.8. The first kappa shape index (κ1) is 22.7. The van der Waals surface area contributed by atoms with E-state index in [1.54, 1.807) is 17.8 Å². The highest BCUT2D eigenvalue weighted by atomic mass is 32.2. The molecule has 8 heteroatoms. The van der Waals surface area contributed by atoms with Gasteiger partial charge in [-0.1, -0.05) is 31.0 Å². The quantitative estimate of drug-likeness (QED) is 0.491. The van der Waals surface area contributed by atoms with Gasteiger partial charge in [-0.3, -0.25) is 4.79 Å². The Morgan fingerprint density at radius 1 is 1.07 bits per heavy atom. The van der Waals surface area contributed by atoms with Crippen molar-refractivity contribution in [1.82, 2.24) is 9.62 Å². The van der Waals surface area contributed by atoms with Gasteiger partial charge >= 0.3 is 0 Å². The van der Waals surface area contributed by atoms with E-state index in [0.29, 0.717) is 31.1 Å². The van der Waals surface area contributed by atoms with Crippen LogP contribution in [0.2, 0.25) is 0 Å². The van der Waals surface area contributed by atoms with Crippen molar-refractivity contribution in [2.24, 2.45) is 0 Å². The minimum atomic E-state index is -3.63. The van der Waals surface area contributed by atoms with E-state index in [0.717, 1.165) is 30.6 Å². The summed E-state index contributed by atoms with van der Waals surface area (Å²) in [5, 5.41) is 2.86. The molecule has 0 atom stereocenters. The average Bonchev–Trinajstić information content (AvgIpc) is 3.07. The Kier molecular flexibility index (Phi) is 8.18. The number of hydrogen-bond acceptors (Lipinski definition) is 5. The fourth-order valence-corrected chi connectivity index (χ4v) is 5.73. The highest BCUT2D eigenvalue weighted by Gasteiger charge is 2.27. The summed E-state index contributed by atoms with van der Waals surface area (Å²) in [5.74, 6) is 0.732. The number of benzene rings is 2. The first-order valence-corrected chi connectivity index (χ1v) is 12.6. The third-order valence-electron chi connectivity index (χ3n) is 5.02. The zero-order valence-electron chi connectivity index (χ0n) is 17.2. The van der Waals surface area contributed by atoms with Gasteiger partial charge in [-0.05, 0) is 43.2 Å². The van der Waals surface area contributed by atoms with Gasteiger partial charge in [0.1, 0.15) is 5.75 Å². The summed E-state index contributed by atoms with van der Waals surface area (Å²) in [5.41, 5.74) is 0.234. The molecule has 2 aromatic carbocycles. The maximum atomic E-state index is 13.1. The van der Waals surface area contributed by atoms with Gasteiger partial charge in [-0.25, -0.2) is 8.42 Å². The van der Waals surface area contributed by atoms with Gasteiger partial charge in [-0.15, -0.1) is 11.8 Å². The first-order chi connectivity index (χ1) is 14.5. The molecule has 6 nitrogen and oxygen atoms in total. The molecule has 1 fully saturated rings. The summed E-state index contributed by atoms with van der Waals surface area (Å²) in [6, 6.07) is 14.5. The Morgan fingerprint density at radius 2 is 1.77 bits per heavy atom. The number of sulfonamides is 1. The molecule has 1 heterocycles. The summed E-state index contributed by atoms with van der Waals surface area (Å²) in [4.78, 5) is 14.0. The highest BCUT2D eigenvalue weighted by molar-refractivity contribution is 7.99. The van der Waals surface area contributed by atoms with Crippen molar-refractivity contribution >= 4 is 27.7 Å². The van der Waals surface area contributed by atoms with E-state index in [-0.39, 0.29) is 16.4 Å². The second-order valence-corrected chi connectivity index (χ2v) is 10.2. The molecule has 0 unspecified atom stereocenters. The molecule has 0 aromatic heterocycles. The number of carbonyl (C=O) groups is 1. The van der Waals surface area contributed by atoms with Crippen LogP contribution in [0.5, 0.6) is 5.75 Å². The number of carbonyl (C=O) groups excluding carboxylic acids is 1. The molecule has 2 aromatic rings. The van der Waals surface area contributed by atoms with Crippen molar-refractivity contribution < 1.29 is 17.9 Å². The van der Waals surface area contributed by atoms with E-state index in [1.807, 2.05) is 30.3 Å². The summed E-state index contributed by atoms with van der Waals surface area (Å²) >= 11 is 1.65. The van der Waals surface area contributed by atoms with Crippen LogP contribution in [0, 0.1) is 0 Å². The monoisotopic (exact) mass is 448 g/mol. The van der Waals surface area contributed by atoms with Crippen molar-refractivity contribution in [2.75, 3.05) is 32.5 Å². The summed E-state index contributed by atoms with van der Waals surface area (Å²) in [6.07, 6.45) is 3.82. The number of thioether (sulfide) groups is 1. The van der Waals surface area contributed by atoms with Crippen molar-refractivity contribution in [1.29, 1.82) is 0 Å². The minimum Gasteiger partial charge on any atom is -0.496 e. The molecule has 0 aliphatic carbocycles. The predicted molar refractivity (Wildman–Crippen MR) is 120 cm³/mol. The maximum Gasteiger partial charge on any atom is 0.255 e. The molecule has 1 amide bonds. The Morgan fingerprint density at radius 3 is 2.43 bits per heavy atom. The summed E-state index contributed by atoms with van der Waals surface area (Å²) in [6.45, 7) is 1.50. The number of amides is 1. The van der Waals surface area contributed by atoms with E-state index in [2.05, 4.69) is 5.32 Å². The van der Waals surface area contributed by atoms with E-state index in [9.17, 15) is 13.2 Å². The largest absolute Gasteiger partial charge is 0.496 e. The van der Waals surface area contributed by atoms with Crippen LogP contribution in [0.3, 0.4) is 0 Å². The van der Waals surface area contributed by atoms with Crippen LogP contribution in [0.4, 0.5) is 0 Å². The smallest absolute Gasteiger partial charge is 0.255 e. The van der Waals surface area contributed by atoms with Crippen molar-refractivity contribution in [3.8, 4) is 5.75 Å². The molecule has 0 spiro atoms. The van der Waals surface area contributed by atoms with Crippen LogP contribution < -0.4 is 10.1 Å². The molecule has 1 saturated heterocycles. The lowest BCUT2D eigenvalue weighted by Crippen LogP contribution is -2.32. The third-order valence-corrected chi connectivity index (χ3v) is 7.93. The lowest BCUT2D eigenvalue weighted by molar-refractivity contribution is 0.0953. The van der Waals surface area contributed by atoms with Crippen molar-refractivity contribution in [2.45, 2.75) is 35.5 Å². The molecular weight excluding hydrogens is 420 g/mol. The fraction of sp³-hybridized carbons (Fsp3) is 0.409. The zero-order chi connectivity index (χ0) is 21.4. The van der Waals surface area contributed by atoms with Crippen molar-refractivity contribution in [3.63, 3.8) is 0 Å². The second-order valence-electron chi connectivity index (χ2n) is 7.10. The Balaban J connectivity index is 1.69. The fourth-order valence-electron chi connectivity index (χ4n) is 3.40. The number of nitrogens with one attached hydrogen (secondary N) is 1. The van der Waals surface area contributed by atoms with Crippen LogP contribution in [0.1, 0.15) is 36.0 Å². The van der Waals surface area contributed by atoms with Crippen LogP contribution in [0.15, 0.2) is 58.3 Å². The van der Waals surface area contributed by atoms with Gasteiger partial charge in [0.15, 0.2) is 0 Å². The Hall–Kier alpha value is -2.03.